The molecule has 0 aliphatic rings. The van der Waals surface area contributed by atoms with E-state index in [4.69, 9.17) is 4.52 Å². The van der Waals surface area contributed by atoms with Gasteiger partial charge in [-0.1, -0.05) is 34.6 Å². The Hall–Kier alpha value is -3.20. The molecule has 1 aromatic carbocycles. The molecule has 2 heterocycles. The number of hydrogen-bond acceptors (Lipinski definition) is 7. The first kappa shape index (κ1) is 18.6. The molecule has 0 aliphatic carbocycles. The summed E-state index contributed by atoms with van der Waals surface area (Å²) in [6.07, 6.45) is 0. The molecule has 0 saturated heterocycles. The average Bonchev–Trinajstić information content (AvgIpc) is 3.06. The SMILES string of the molecule is Cc1ccc(C(=O)Nc2ccc(SCC(=O)Nc3cc(C)no3)nn2)cc1. The van der Waals surface area contributed by atoms with Gasteiger partial charge >= 0.3 is 0 Å². The van der Waals surface area contributed by atoms with Crippen molar-refractivity contribution in [3.8, 4) is 0 Å². The molecule has 0 unspecified atom stereocenters. The lowest BCUT2D eigenvalue weighted by Crippen LogP contribution is -2.14. The number of anilines is 2. The second-order valence-electron chi connectivity index (χ2n) is 5.75. The summed E-state index contributed by atoms with van der Waals surface area (Å²) >= 11 is 1.22. The third-order valence-corrected chi connectivity index (χ3v) is 4.36. The van der Waals surface area contributed by atoms with Crippen LogP contribution in [0.3, 0.4) is 0 Å². The molecular weight excluding hydrogens is 366 g/mol. The molecule has 0 fully saturated rings. The van der Waals surface area contributed by atoms with Crippen molar-refractivity contribution in [2.75, 3.05) is 16.4 Å². The van der Waals surface area contributed by atoms with E-state index in [9.17, 15) is 9.59 Å². The molecule has 3 rings (SSSR count). The van der Waals surface area contributed by atoms with E-state index in [0.29, 0.717) is 28.0 Å². The molecule has 138 valence electrons. The largest absolute Gasteiger partial charge is 0.338 e. The van der Waals surface area contributed by atoms with Gasteiger partial charge in [-0.2, -0.15) is 0 Å². The van der Waals surface area contributed by atoms with Gasteiger partial charge in [0, 0.05) is 11.6 Å². The Labute approximate surface area is 159 Å². The third kappa shape index (κ3) is 5.38. The molecule has 0 radical (unpaired) electrons. The fourth-order valence-corrected chi connectivity index (χ4v) is 2.71. The van der Waals surface area contributed by atoms with Gasteiger partial charge in [0.15, 0.2) is 5.82 Å². The highest BCUT2D eigenvalue weighted by atomic mass is 32.2. The summed E-state index contributed by atoms with van der Waals surface area (Å²) in [5.41, 5.74) is 2.31. The van der Waals surface area contributed by atoms with Gasteiger partial charge < -0.3 is 9.84 Å². The van der Waals surface area contributed by atoms with Crippen molar-refractivity contribution in [1.82, 2.24) is 15.4 Å². The van der Waals surface area contributed by atoms with Crippen molar-refractivity contribution in [2.45, 2.75) is 18.9 Å². The predicted molar refractivity (Wildman–Crippen MR) is 102 cm³/mol. The van der Waals surface area contributed by atoms with Crippen LogP contribution in [-0.4, -0.2) is 32.9 Å². The molecule has 0 aliphatic heterocycles. The fourth-order valence-electron chi connectivity index (χ4n) is 2.09. The minimum Gasteiger partial charge on any atom is -0.338 e. The van der Waals surface area contributed by atoms with Gasteiger partial charge in [-0.3, -0.25) is 14.9 Å². The Bertz CT molecular complexity index is 938. The second kappa shape index (κ2) is 8.45. The van der Waals surface area contributed by atoms with E-state index in [2.05, 4.69) is 26.0 Å². The van der Waals surface area contributed by atoms with Crippen LogP contribution in [0.2, 0.25) is 0 Å². The molecule has 2 aromatic heterocycles. The smallest absolute Gasteiger partial charge is 0.256 e. The maximum Gasteiger partial charge on any atom is 0.256 e. The quantitative estimate of drug-likeness (QED) is 0.629. The number of nitrogens with zero attached hydrogens (tertiary/aromatic N) is 3. The Morgan fingerprint density at radius 3 is 2.44 bits per heavy atom. The molecule has 9 heteroatoms. The highest BCUT2D eigenvalue weighted by molar-refractivity contribution is 7.99. The Kier molecular flexibility index (Phi) is 5.82. The second-order valence-corrected chi connectivity index (χ2v) is 6.74. The zero-order chi connectivity index (χ0) is 19.2. The normalized spacial score (nSPS) is 10.4. The predicted octanol–water partition coefficient (Wildman–Crippen LogP) is 3.06. The Morgan fingerprint density at radius 1 is 1.04 bits per heavy atom. The summed E-state index contributed by atoms with van der Waals surface area (Å²) in [5, 5.41) is 17.5. The summed E-state index contributed by atoms with van der Waals surface area (Å²) < 4.78 is 4.92. The molecule has 0 atom stereocenters. The molecule has 0 spiro atoms. The van der Waals surface area contributed by atoms with E-state index in [0.717, 1.165) is 5.56 Å². The van der Waals surface area contributed by atoms with Crippen LogP contribution in [0.15, 0.2) is 52.0 Å². The van der Waals surface area contributed by atoms with Crippen LogP contribution in [-0.2, 0) is 4.79 Å². The summed E-state index contributed by atoms with van der Waals surface area (Å²) in [6, 6.07) is 12.2. The lowest BCUT2D eigenvalue weighted by atomic mass is 10.1. The minimum atomic E-state index is -0.258. The van der Waals surface area contributed by atoms with Crippen molar-refractivity contribution in [3.63, 3.8) is 0 Å². The topological polar surface area (TPSA) is 110 Å². The molecule has 27 heavy (non-hydrogen) atoms. The van der Waals surface area contributed by atoms with E-state index in [1.165, 1.54) is 11.8 Å². The van der Waals surface area contributed by atoms with Crippen molar-refractivity contribution in [1.29, 1.82) is 0 Å². The lowest BCUT2D eigenvalue weighted by molar-refractivity contribution is -0.113. The number of aromatic nitrogens is 3. The number of carbonyl (C=O) groups is 2. The molecular formula is C18H17N5O3S. The Balaban J connectivity index is 1.50. The molecule has 0 bridgehead atoms. The Morgan fingerprint density at radius 2 is 1.81 bits per heavy atom. The molecule has 2 N–H and O–H groups in total. The van der Waals surface area contributed by atoms with E-state index in [1.54, 1.807) is 37.3 Å². The standard InChI is InChI=1S/C18H17N5O3S/c1-11-3-5-13(6-4-11)18(25)19-14-7-8-17(22-21-14)27-10-15(24)20-16-9-12(2)23-26-16/h3-9H,10H2,1-2H3,(H,20,24)(H,19,21,25). The number of benzene rings is 1. The van der Waals surface area contributed by atoms with Crippen molar-refractivity contribution >= 4 is 35.3 Å². The first-order chi connectivity index (χ1) is 13.0. The van der Waals surface area contributed by atoms with Crippen molar-refractivity contribution < 1.29 is 14.1 Å². The van der Waals surface area contributed by atoms with Gasteiger partial charge in [0.05, 0.1) is 11.4 Å². The summed E-state index contributed by atoms with van der Waals surface area (Å²) in [5.74, 6) is 0.287. The number of thioether (sulfide) groups is 1. The number of amides is 2. The third-order valence-electron chi connectivity index (χ3n) is 3.44. The van der Waals surface area contributed by atoms with Crippen LogP contribution in [0.4, 0.5) is 11.7 Å². The monoisotopic (exact) mass is 383 g/mol. The number of carbonyl (C=O) groups excluding carboxylic acids is 2. The van der Waals surface area contributed by atoms with E-state index < -0.39 is 0 Å². The molecule has 3 aromatic rings. The zero-order valence-electron chi connectivity index (χ0n) is 14.7. The molecule has 2 amide bonds. The number of aryl methyl sites for hydroxylation is 2. The molecule has 0 saturated carbocycles. The first-order valence-corrected chi connectivity index (χ1v) is 9.06. The van der Waals surface area contributed by atoms with Gasteiger partial charge in [-0.25, -0.2) is 0 Å². The lowest BCUT2D eigenvalue weighted by Gasteiger charge is -2.05. The maximum absolute atomic E-state index is 12.1. The number of nitrogens with one attached hydrogen (secondary N) is 2. The van der Waals surface area contributed by atoms with E-state index >= 15 is 0 Å². The van der Waals surface area contributed by atoms with Gasteiger partial charge in [0.1, 0.15) is 5.03 Å². The minimum absolute atomic E-state index is 0.142. The summed E-state index contributed by atoms with van der Waals surface area (Å²) in [4.78, 5) is 24.0. The van der Waals surface area contributed by atoms with Gasteiger partial charge in [0.2, 0.25) is 11.8 Å². The fraction of sp³-hybridized carbons (Fsp3) is 0.167. The van der Waals surface area contributed by atoms with Crippen LogP contribution in [0.25, 0.3) is 0 Å². The van der Waals surface area contributed by atoms with Gasteiger partial charge in [0.25, 0.3) is 5.91 Å². The van der Waals surface area contributed by atoms with Crippen LogP contribution in [0.5, 0.6) is 0 Å². The summed E-state index contributed by atoms with van der Waals surface area (Å²) in [6.45, 7) is 3.72. The maximum atomic E-state index is 12.1. The highest BCUT2D eigenvalue weighted by Gasteiger charge is 2.10. The average molecular weight is 383 g/mol. The van der Waals surface area contributed by atoms with E-state index in [1.807, 2.05) is 19.1 Å². The number of rotatable bonds is 6. The van der Waals surface area contributed by atoms with Gasteiger partial charge in [-0.05, 0) is 38.1 Å². The van der Waals surface area contributed by atoms with Crippen molar-refractivity contribution in [3.05, 3.63) is 59.3 Å². The number of hydrogen-bond donors (Lipinski definition) is 2. The van der Waals surface area contributed by atoms with Crippen LogP contribution in [0, 0.1) is 13.8 Å². The van der Waals surface area contributed by atoms with Crippen LogP contribution in [0.1, 0.15) is 21.6 Å². The van der Waals surface area contributed by atoms with E-state index in [-0.39, 0.29) is 17.6 Å². The highest BCUT2D eigenvalue weighted by Crippen LogP contribution is 2.17. The van der Waals surface area contributed by atoms with Crippen molar-refractivity contribution in [2.24, 2.45) is 0 Å². The van der Waals surface area contributed by atoms with Gasteiger partial charge in [-0.15, -0.1) is 10.2 Å². The molecule has 8 nitrogen and oxygen atoms in total. The first-order valence-electron chi connectivity index (χ1n) is 8.07. The summed E-state index contributed by atoms with van der Waals surface area (Å²) in [7, 11) is 0. The van der Waals surface area contributed by atoms with Crippen LogP contribution >= 0.6 is 11.8 Å². The van der Waals surface area contributed by atoms with Crippen LogP contribution < -0.4 is 10.6 Å². The zero-order valence-corrected chi connectivity index (χ0v) is 15.5.